The van der Waals surface area contributed by atoms with Gasteiger partial charge in [0.25, 0.3) is 0 Å². The molecule has 2 aromatic rings. The van der Waals surface area contributed by atoms with E-state index in [1.165, 1.54) is 16.7 Å². The highest BCUT2D eigenvalue weighted by Gasteiger charge is 2.35. The fraction of sp³-hybridized carbons (Fsp3) is 0.480. The van der Waals surface area contributed by atoms with Gasteiger partial charge in [-0.25, -0.2) is 0 Å². The Hall–Kier alpha value is -1.97. The van der Waals surface area contributed by atoms with Gasteiger partial charge in [0.15, 0.2) is 5.78 Å². The number of hydrogen-bond acceptors (Lipinski definition) is 3. The number of aliphatic hydroxyl groups is 1. The Morgan fingerprint density at radius 1 is 1.00 bits per heavy atom. The monoisotopic (exact) mass is 379 g/mol. The van der Waals surface area contributed by atoms with E-state index in [-0.39, 0.29) is 31.3 Å². The molecule has 0 spiro atoms. The third-order valence-electron chi connectivity index (χ3n) is 6.44. The minimum Gasteiger partial charge on any atom is -0.391 e. The Bertz CT molecular complexity index is 790. The molecule has 28 heavy (non-hydrogen) atoms. The second kappa shape index (κ2) is 9.02. The largest absolute Gasteiger partial charge is 0.391 e. The highest BCUT2D eigenvalue weighted by molar-refractivity contribution is 5.97. The molecule has 1 aliphatic carbocycles. The van der Waals surface area contributed by atoms with Crippen molar-refractivity contribution in [1.29, 1.82) is 0 Å². The number of Topliss-reactive ketones (excluding diaryl/α,β-unsaturated/α-hetero) is 1. The summed E-state index contributed by atoms with van der Waals surface area (Å²) in [7, 11) is 0. The number of nitrogens with zero attached hydrogens (tertiary/aromatic N) is 1. The summed E-state index contributed by atoms with van der Waals surface area (Å²) in [6.45, 7) is 3.92. The van der Waals surface area contributed by atoms with E-state index in [1.54, 1.807) is 0 Å². The van der Waals surface area contributed by atoms with Crippen LogP contribution < -0.4 is 0 Å². The van der Waals surface area contributed by atoms with Gasteiger partial charge in [0, 0.05) is 23.9 Å². The van der Waals surface area contributed by atoms with Gasteiger partial charge in [0.05, 0.1) is 6.10 Å². The van der Waals surface area contributed by atoms with Crippen LogP contribution in [0, 0.1) is 5.92 Å². The van der Waals surface area contributed by atoms with Gasteiger partial charge < -0.3 is 5.11 Å². The molecule has 0 saturated carbocycles. The summed E-state index contributed by atoms with van der Waals surface area (Å²) in [6.07, 6.45) is 4.12. The molecule has 2 aliphatic rings. The maximum atomic E-state index is 12.8. The zero-order chi connectivity index (χ0) is 18.8. The molecule has 1 fully saturated rings. The summed E-state index contributed by atoms with van der Waals surface area (Å²) >= 11 is 0. The zero-order valence-corrected chi connectivity index (χ0v) is 16.1. The second-order valence-corrected chi connectivity index (χ2v) is 8.04. The highest BCUT2D eigenvalue weighted by Crippen LogP contribution is 2.29. The number of carbonyl (C=O) groups is 1. The van der Waals surface area contributed by atoms with Crippen LogP contribution in [-0.4, -0.2) is 41.0 Å². The zero-order valence-electron chi connectivity index (χ0n) is 16.1. The van der Waals surface area contributed by atoms with E-state index < -0.39 is 0 Å². The van der Waals surface area contributed by atoms with Crippen molar-refractivity contribution in [1.82, 2.24) is 4.90 Å². The van der Waals surface area contributed by atoms with Gasteiger partial charge in [-0.1, -0.05) is 62.9 Å². The lowest BCUT2D eigenvalue weighted by Gasteiger charge is -2.41. The molecular formula is C25H33NO2. The van der Waals surface area contributed by atoms with Crippen molar-refractivity contribution in [2.75, 3.05) is 13.1 Å². The van der Waals surface area contributed by atoms with Crippen LogP contribution in [0.3, 0.4) is 0 Å². The number of piperidine rings is 1. The lowest BCUT2D eigenvalue weighted by molar-refractivity contribution is 0.0239. The first-order chi connectivity index (χ1) is 13.2. The highest BCUT2D eigenvalue weighted by atomic mass is 16.3. The number of benzene rings is 2. The number of rotatable bonds is 4. The molecule has 0 amide bonds. The second-order valence-electron chi connectivity index (χ2n) is 8.04. The predicted molar refractivity (Wildman–Crippen MR) is 115 cm³/mol. The van der Waals surface area contributed by atoms with Crippen LogP contribution in [-0.2, 0) is 19.3 Å². The van der Waals surface area contributed by atoms with Gasteiger partial charge in [-0.2, -0.15) is 0 Å². The van der Waals surface area contributed by atoms with Crippen molar-refractivity contribution in [3.05, 3.63) is 70.8 Å². The third kappa shape index (κ3) is 4.21. The molecule has 1 saturated heterocycles. The van der Waals surface area contributed by atoms with Crippen molar-refractivity contribution >= 4 is 5.78 Å². The molecule has 1 N–H and O–H groups in total. The summed E-state index contributed by atoms with van der Waals surface area (Å²) in [5, 5.41) is 10.7. The van der Waals surface area contributed by atoms with Crippen LogP contribution >= 0.6 is 0 Å². The Morgan fingerprint density at radius 3 is 2.21 bits per heavy atom. The number of aliphatic hydroxyl groups excluding tert-OH is 1. The molecule has 3 heteroatoms. The maximum Gasteiger partial charge on any atom is 0.166 e. The number of carbonyl (C=O) groups excluding carboxylic acids is 1. The van der Waals surface area contributed by atoms with E-state index >= 15 is 0 Å². The minimum atomic E-state index is -0.311. The SMILES string of the molecule is C.CCc1ccc(C(=O)C2CCN(C3Cc4ccccc4CC3O)CC2)cc1. The number of hydrogen-bond donors (Lipinski definition) is 1. The van der Waals surface area contributed by atoms with Gasteiger partial charge in [-0.3, -0.25) is 9.69 Å². The molecule has 0 aromatic heterocycles. The van der Waals surface area contributed by atoms with Crippen molar-refractivity contribution < 1.29 is 9.90 Å². The normalized spacial score (nSPS) is 22.9. The quantitative estimate of drug-likeness (QED) is 0.805. The first kappa shape index (κ1) is 20.8. The van der Waals surface area contributed by atoms with Crippen molar-refractivity contribution in [3.63, 3.8) is 0 Å². The van der Waals surface area contributed by atoms with Crippen LogP contribution in [0.1, 0.15) is 54.2 Å². The summed E-state index contributed by atoms with van der Waals surface area (Å²) in [6, 6.07) is 16.7. The van der Waals surface area contributed by atoms with Crippen LogP contribution in [0.25, 0.3) is 0 Å². The number of ketones is 1. The van der Waals surface area contributed by atoms with E-state index in [0.717, 1.165) is 50.8 Å². The molecule has 3 nitrogen and oxygen atoms in total. The average Bonchev–Trinajstić information content (AvgIpc) is 2.73. The molecule has 1 heterocycles. The molecule has 1 aliphatic heterocycles. The fourth-order valence-electron chi connectivity index (χ4n) is 4.68. The number of fused-ring (bicyclic) bond motifs is 1. The average molecular weight is 380 g/mol. The first-order valence-corrected chi connectivity index (χ1v) is 10.3. The Labute approximate surface area is 169 Å². The van der Waals surface area contributed by atoms with Gasteiger partial charge in [0.1, 0.15) is 0 Å². The predicted octanol–water partition coefficient (Wildman–Crippen LogP) is 4.31. The van der Waals surface area contributed by atoms with Crippen molar-refractivity contribution in [2.45, 2.75) is 58.6 Å². The van der Waals surface area contributed by atoms with E-state index in [0.29, 0.717) is 0 Å². The standard InChI is InChI=1S/C24H29NO2.CH4/c1-2-17-7-9-18(10-8-17)24(27)19-11-13-25(14-12-19)22-15-20-5-3-4-6-21(20)16-23(22)26;/h3-10,19,22-23,26H,2,11-16H2,1H3;1H4. The molecule has 150 valence electrons. The lowest BCUT2D eigenvalue weighted by Crippen LogP contribution is -2.51. The molecular weight excluding hydrogens is 346 g/mol. The van der Waals surface area contributed by atoms with Crippen molar-refractivity contribution in [2.24, 2.45) is 5.92 Å². The Balaban J connectivity index is 0.00000225. The third-order valence-corrected chi connectivity index (χ3v) is 6.44. The Morgan fingerprint density at radius 2 is 1.61 bits per heavy atom. The number of aryl methyl sites for hydroxylation is 1. The topological polar surface area (TPSA) is 40.5 Å². The van der Waals surface area contributed by atoms with Crippen LogP contribution in [0.15, 0.2) is 48.5 Å². The first-order valence-electron chi connectivity index (χ1n) is 10.3. The van der Waals surface area contributed by atoms with Gasteiger partial charge in [-0.15, -0.1) is 0 Å². The van der Waals surface area contributed by atoms with Gasteiger partial charge >= 0.3 is 0 Å². The van der Waals surface area contributed by atoms with Crippen LogP contribution in [0.4, 0.5) is 0 Å². The molecule has 2 aromatic carbocycles. The molecule has 2 unspecified atom stereocenters. The summed E-state index contributed by atoms with van der Waals surface area (Å²) in [4.78, 5) is 15.2. The van der Waals surface area contributed by atoms with E-state index in [2.05, 4.69) is 48.2 Å². The summed E-state index contributed by atoms with van der Waals surface area (Å²) in [5.74, 6) is 0.397. The van der Waals surface area contributed by atoms with Crippen LogP contribution in [0.5, 0.6) is 0 Å². The van der Waals surface area contributed by atoms with Crippen LogP contribution in [0.2, 0.25) is 0 Å². The smallest absolute Gasteiger partial charge is 0.166 e. The molecule has 4 rings (SSSR count). The Kier molecular flexibility index (Phi) is 6.69. The molecule has 2 atom stereocenters. The number of likely N-dealkylation sites (tertiary alicyclic amines) is 1. The van der Waals surface area contributed by atoms with Gasteiger partial charge in [-0.05, 0) is 55.5 Å². The maximum absolute atomic E-state index is 12.8. The van der Waals surface area contributed by atoms with E-state index in [4.69, 9.17) is 0 Å². The molecule has 0 radical (unpaired) electrons. The fourth-order valence-corrected chi connectivity index (χ4v) is 4.68. The lowest BCUT2D eigenvalue weighted by atomic mass is 9.83. The van der Waals surface area contributed by atoms with E-state index in [9.17, 15) is 9.90 Å². The van der Waals surface area contributed by atoms with Crippen molar-refractivity contribution in [3.8, 4) is 0 Å². The van der Waals surface area contributed by atoms with E-state index in [1.807, 2.05) is 12.1 Å². The molecule has 0 bridgehead atoms. The minimum absolute atomic E-state index is 0. The summed E-state index contributed by atoms with van der Waals surface area (Å²) in [5.41, 5.74) is 4.76. The summed E-state index contributed by atoms with van der Waals surface area (Å²) < 4.78 is 0. The van der Waals surface area contributed by atoms with Gasteiger partial charge in [0.2, 0.25) is 0 Å².